The molecule has 0 spiro atoms. The quantitative estimate of drug-likeness (QED) is 0.196. The van der Waals surface area contributed by atoms with E-state index in [1.165, 1.54) is 0 Å². The van der Waals surface area contributed by atoms with Gasteiger partial charge in [-0.2, -0.15) is 0 Å². The SMILES string of the molecule is O=C[C@@H](O)[C@@H](O)[C@H](O[C@H]1O[C@H](CO)[C@@H](O)[C@H](O)[C@@H]1O)[C@H](O)CO. The van der Waals surface area contributed by atoms with Crippen molar-refractivity contribution in [2.24, 2.45) is 0 Å². The molecular formula is C12H22O11. The maximum Gasteiger partial charge on any atom is 0.187 e. The predicted molar refractivity (Wildman–Crippen MR) is 69.8 cm³/mol. The van der Waals surface area contributed by atoms with E-state index >= 15 is 0 Å². The fourth-order valence-electron chi connectivity index (χ4n) is 2.11. The molecule has 1 aliphatic rings. The Kier molecular flexibility index (Phi) is 7.89. The first-order valence-electron chi connectivity index (χ1n) is 6.84. The number of hydrogen-bond acceptors (Lipinski definition) is 11. The minimum Gasteiger partial charge on any atom is -0.394 e. The molecule has 1 rings (SSSR count). The highest BCUT2D eigenvalue weighted by Gasteiger charge is 2.46. The minimum atomic E-state index is -1.97. The normalized spacial score (nSPS) is 37.0. The molecule has 0 bridgehead atoms. The summed E-state index contributed by atoms with van der Waals surface area (Å²) in [5.74, 6) is 0. The van der Waals surface area contributed by atoms with Crippen LogP contribution in [-0.4, -0.2) is 115 Å². The first-order chi connectivity index (χ1) is 10.8. The van der Waals surface area contributed by atoms with Crippen LogP contribution in [0, 0.1) is 0 Å². The lowest BCUT2D eigenvalue weighted by Gasteiger charge is -2.42. The lowest BCUT2D eigenvalue weighted by atomic mass is 9.98. The summed E-state index contributed by atoms with van der Waals surface area (Å²) in [7, 11) is 0. The van der Waals surface area contributed by atoms with Gasteiger partial charge in [0.1, 0.15) is 48.8 Å². The smallest absolute Gasteiger partial charge is 0.187 e. The number of rotatable bonds is 8. The molecular weight excluding hydrogens is 320 g/mol. The van der Waals surface area contributed by atoms with Crippen LogP contribution in [0.25, 0.3) is 0 Å². The zero-order chi connectivity index (χ0) is 17.7. The van der Waals surface area contributed by atoms with E-state index in [-0.39, 0.29) is 6.29 Å². The summed E-state index contributed by atoms with van der Waals surface area (Å²) in [4.78, 5) is 10.5. The van der Waals surface area contributed by atoms with Crippen molar-refractivity contribution in [3.05, 3.63) is 0 Å². The Bertz CT molecular complexity index is 365. The van der Waals surface area contributed by atoms with Gasteiger partial charge in [-0.3, -0.25) is 0 Å². The zero-order valence-electron chi connectivity index (χ0n) is 12.0. The van der Waals surface area contributed by atoms with Gasteiger partial charge in [0.15, 0.2) is 12.6 Å². The summed E-state index contributed by atoms with van der Waals surface area (Å²) in [6.45, 7) is -1.64. The molecule has 23 heavy (non-hydrogen) atoms. The van der Waals surface area contributed by atoms with Gasteiger partial charge >= 0.3 is 0 Å². The third-order valence-corrected chi connectivity index (χ3v) is 3.53. The number of aliphatic hydroxyl groups excluding tert-OH is 8. The summed E-state index contributed by atoms with van der Waals surface area (Å²) in [6.07, 6.45) is -15.7. The van der Waals surface area contributed by atoms with Crippen molar-refractivity contribution in [3.8, 4) is 0 Å². The third kappa shape index (κ3) is 4.64. The van der Waals surface area contributed by atoms with Crippen molar-refractivity contribution < 1.29 is 55.1 Å². The van der Waals surface area contributed by atoms with Gasteiger partial charge in [0.2, 0.25) is 0 Å². The van der Waals surface area contributed by atoms with Crippen LogP contribution in [0.15, 0.2) is 0 Å². The van der Waals surface area contributed by atoms with Crippen LogP contribution in [-0.2, 0) is 14.3 Å². The van der Waals surface area contributed by atoms with Gasteiger partial charge in [-0.15, -0.1) is 0 Å². The highest BCUT2D eigenvalue weighted by Crippen LogP contribution is 2.24. The second-order valence-corrected chi connectivity index (χ2v) is 5.17. The van der Waals surface area contributed by atoms with Crippen LogP contribution in [0.1, 0.15) is 0 Å². The molecule has 1 heterocycles. The molecule has 0 unspecified atom stereocenters. The molecule has 11 heteroatoms. The van der Waals surface area contributed by atoms with E-state index in [1.54, 1.807) is 0 Å². The van der Waals surface area contributed by atoms with Crippen molar-refractivity contribution in [2.45, 2.75) is 55.1 Å². The number of carbonyl (C=O) groups is 1. The van der Waals surface area contributed by atoms with E-state index in [4.69, 9.17) is 19.7 Å². The maximum atomic E-state index is 10.5. The first kappa shape index (κ1) is 20.3. The molecule has 1 aliphatic heterocycles. The molecule has 11 nitrogen and oxygen atoms in total. The summed E-state index contributed by atoms with van der Waals surface area (Å²) in [6, 6.07) is 0. The molecule has 0 aliphatic carbocycles. The molecule has 0 radical (unpaired) electrons. The van der Waals surface area contributed by atoms with Crippen LogP contribution in [0.4, 0.5) is 0 Å². The van der Waals surface area contributed by atoms with Gasteiger partial charge in [-0.25, -0.2) is 0 Å². The molecule has 136 valence electrons. The highest BCUT2D eigenvalue weighted by molar-refractivity contribution is 5.56. The van der Waals surface area contributed by atoms with Crippen molar-refractivity contribution in [3.63, 3.8) is 0 Å². The van der Waals surface area contributed by atoms with Crippen LogP contribution in [0.2, 0.25) is 0 Å². The number of hydrogen-bond donors (Lipinski definition) is 8. The van der Waals surface area contributed by atoms with Gasteiger partial charge in [0.25, 0.3) is 0 Å². The van der Waals surface area contributed by atoms with Crippen LogP contribution in [0.3, 0.4) is 0 Å². The largest absolute Gasteiger partial charge is 0.394 e. The van der Waals surface area contributed by atoms with E-state index in [1.807, 2.05) is 0 Å². The lowest BCUT2D eigenvalue weighted by molar-refractivity contribution is -0.326. The predicted octanol–water partition coefficient (Wildman–Crippen LogP) is -5.55. The molecule has 8 N–H and O–H groups in total. The summed E-state index contributed by atoms with van der Waals surface area (Å²) in [5.41, 5.74) is 0. The first-order valence-corrected chi connectivity index (χ1v) is 6.84. The van der Waals surface area contributed by atoms with E-state index in [9.17, 15) is 35.4 Å². The zero-order valence-corrected chi connectivity index (χ0v) is 12.0. The van der Waals surface area contributed by atoms with Crippen molar-refractivity contribution in [2.75, 3.05) is 13.2 Å². The van der Waals surface area contributed by atoms with Gasteiger partial charge in [0.05, 0.1) is 13.2 Å². The summed E-state index contributed by atoms with van der Waals surface area (Å²) >= 11 is 0. The fraction of sp³-hybridized carbons (Fsp3) is 0.917. The average Bonchev–Trinajstić information content (AvgIpc) is 2.57. The fourth-order valence-corrected chi connectivity index (χ4v) is 2.11. The number of ether oxygens (including phenoxy) is 2. The number of aldehydes is 1. The molecule has 0 aromatic heterocycles. The minimum absolute atomic E-state index is 0.0294. The van der Waals surface area contributed by atoms with E-state index in [2.05, 4.69) is 0 Å². The van der Waals surface area contributed by atoms with E-state index in [0.717, 1.165) is 0 Å². The Morgan fingerprint density at radius 3 is 2.13 bits per heavy atom. The Labute approximate surface area is 130 Å². The van der Waals surface area contributed by atoms with Crippen LogP contribution < -0.4 is 0 Å². The molecule has 9 atom stereocenters. The van der Waals surface area contributed by atoms with Gasteiger partial charge < -0.3 is 55.1 Å². The van der Waals surface area contributed by atoms with Crippen LogP contribution >= 0.6 is 0 Å². The van der Waals surface area contributed by atoms with Crippen LogP contribution in [0.5, 0.6) is 0 Å². The van der Waals surface area contributed by atoms with E-state index in [0.29, 0.717) is 0 Å². The van der Waals surface area contributed by atoms with Gasteiger partial charge in [-0.05, 0) is 0 Å². The molecule has 0 aromatic carbocycles. The number of aliphatic hydroxyl groups is 8. The Morgan fingerprint density at radius 1 is 1.04 bits per heavy atom. The Hall–Kier alpha value is -0.730. The second kappa shape index (κ2) is 8.94. The van der Waals surface area contributed by atoms with Gasteiger partial charge in [0, 0.05) is 0 Å². The van der Waals surface area contributed by atoms with E-state index < -0.39 is 68.3 Å². The maximum absolute atomic E-state index is 10.5. The average molecular weight is 342 g/mol. The molecule has 1 saturated heterocycles. The summed E-state index contributed by atoms with van der Waals surface area (Å²) < 4.78 is 10.1. The molecule has 1 fully saturated rings. The Morgan fingerprint density at radius 2 is 1.65 bits per heavy atom. The Balaban J connectivity index is 2.91. The molecule has 0 aromatic rings. The topological polar surface area (TPSA) is 197 Å². The molecule has 0 amide bonds. The van der Waals surface area contributed by atoms with Crippen molar-refractivity contribution >= 4 is 6.29 Å². The summed E-state index contributed by atoms with van der Waals surface area (Å²) in [5, 5.41) is 75.7. The standard InChI is InChI=1S/C12H22O11/c13-1-4(16)7(18)11(5(17)2-14)23-12-10(21)9(20)8(19)6(3-15)22-12/h1,4-12,14-21H,2-3H2/t4-,5-,6-,7-,8-,9+,10+,11-,12-/m1/s1. The van der Waals surface area contributed by atoms with Crippen molar-refractivity contribution in [1.82, 2.24) is 0 Å². The third-order valence-electron chi connectivity index (χ3n) is 3.53. The van der Waals surface area contributed by atoms with Gasteiger partial charge in [-0.1, -0.05) is 0 Å². The second-order valence-electron chi connectivity index (χ2n) is 5.17. The molecule has 0 saturated carbocycles. The highest BCUT2D eigenvalue weighted by atomic mass is 16.7. The number of carbonyl (C=O) groups excluding carboxylic acids is 1. The van der Waals surface area contributed by atoms with Crippen molar-refractivity contribution in [1.29, 1.82) is 0 Å². The monoisotopic (exact) mass is 342 g/mol. The lowest BCUT2D eigenvalue weighted by Crippen LogP contribution is -2.61.